The summed E-state index contributed by atoms with van der Waals surface area (Å²) in [4.78, 5) is 12.2. The highest BCUT2D eigenvalue weighted by Gasteiger charge is 2.24. The summed E-state index contributed by atoms with van der Waals surface area (Å²) in [6.07, 6.45) is 1.67. The Morgan fingerprint density at radius 2 is 2.08 bits per heavy atom. The maximum absolute atomic E-state index is 12.2. The van der Waals surface area contributed by atoms with Gasteiger partial charge in [0.2, 0.25) is 0 Å². The number of halogens is 2. The number of methoxy groups -OCH3 is 1. The number of hydrogen-bond acceptors (Lipinski definition) is 3. The van der Waals surface area contributed by atoms with E-state index in [0.29, 0.717) is 21.4 Å². The minimum Gasteiger partial charge on any atom is -0.496 e. The summed E-state index contributed by atoms with van der Waals surface area (Å²) < 4.78 is 5.40. The Morgan fingerprint density at radius 3 is 2.76 bits per heavy atom. The smallest absolute Gasteiger partial charge is 0.254 e. The normalized spacial score (nSPS) is 16.2. The fraction of sp³-hybridized carbons (Fsp3) is 0.316. The highest BCUT2D eigenvalue weighted by atomic mass is 35.5. The van der Waals surface area contributed by atoms with Crippen LogP contribution in [0.1, 0.15) is 33.1 Å². The number of fused-ring (bicyclic) bond motifs is 1. The molecule has 2 aromatic rings. The van der Waals surface area contributed by atoms with E-state index >= 15 is 0 Å². The molecule has 0 aromatic heterocycles. The molecule has 2 aromatic carbocycles. The third-order valence-corrected chi connectivity index (χ3v) is 5.26. The van der Waals surface area contributed by atoms with E-state index in [9.17, 15) is 4.79 Å². The van der Waals surface area contributed by atoms with E-state index in [1.165, 1.54) is 5.56 Å². The summed E-state index contributed by atoms with van der Waals surface area (Å²) in [6, 6.07) is 9.70. The molecule has 0 fully saturated rings. The van der Waals surface area contributed by atoms with Crippen LogP contribution < -0.4 is 15.4 Å². The minimum absolute atomic E-state index is 0.107. The Hall–Kier alpha value is -1.75. The highest BCUT2D eigenvalue weighted by molar-refractivity contribution is 6.42. The van der Waals surface area contributed by atoms with Crippen LogP contribution in [0.4, 0.5) is 0 Å². The Kier molecular flexibility index (Phi) is 5.52. The zero-order valence-corrected chi connectivity index (χ0v) is 15.7. The van der Waals surface area contributed by atoms with Crippen LogP contribution in [-0.2, 0) is 12.8 Å². The van der Waals surface area contributed by atoms with Gasteiger partial charge in [-0.1, -0.05) is 29.3 Å². The molecule has 132 valence electrons. The Labute approximate surface area is 157 Å². The van der Waals surface area contributed by atoms with Gasteiger partial charge in [-0.05, 0) is 60.3 Å². The van der Waals surface area contributed by atoms with Crippen molar-refractivity contribution in [3.05, 3.63) is 62.6 Å². The van der Waals surface area contributed by atoms with Crippen molar-refractivity contribution in [2.24, 2.45) is 0 Å². The predicted octanol–water partition coefficient (Wildman–Crippen LogP) is 3.79. The molecule has 2 N–H and O–H groups in total. The number of hydrogen-bond donors (Lipinski definition) is 2. The van der Waals surface area contributed by atoms with Gasteiger partial charge in [0.1, 0.15) is 5.75 Å². The monoisotopic (exact) mass is 378 g/mol. The topological polar surface area (TPSA) is 50.4 Å². The summed E-state index contributed by atoms with van der Waals surface area (Å²) in [5, 5.41) is 7.30. The second-order valence-corrected chi connectivity index (χ2v) is 6.85. The van der Waals surface area contributed by atoms with Gasteiger partial charge in [-0.25, -0.2) is 0 Å². The van der Waals surface area contributed by atoms with E-state index < -0.39 is 0 Å². The molecular formula is C19H20Cl2N2O2. The van der Waals surface area contributed by atoms with Crippen LogP contribution in [-0.4, -0.2) is 26.6 Å². The molecule has 1 atom stereocenters. The number of carbonyl (C=O) groups excluding carboxylic acids is 1. The van der Waals surface area contributed by atoms with Gasteiger partial charge >= 0.3 is 0 Å². The molecule has 0 spiro atoms. The Bertz CT molecular complexity index is 808. The molecular weight excluding hydrogens is 359 g/mol. The predicted molar refractivity (Wildman–Crippen MR) is 101 cm³/mol. The zero-order chi connectivity index (χ0) is 18.0. The van der Waals surface area contributed by atoms with E-state index in [0.717, 1.165) is 30.5 Å². The molecule has 1 unspecified atom stereocenters. The SMILES string of the molecule is CNC(=O)c1cc2c(cc1OC)CCNC2Cc1ccc(Cl)c(Cl)c1. The van der Waals surface area contributed by atoms with Crippen molar-refractivity contribution >= 4 is 29.1 Å². The van der Waals surface area contributed by atoms with Crippen molar-refractivity contribution in [3.8, 4) is 5.75 Å². The lowest BCUT2D eigenvalue weighted by atomic mass is 9.88. The van der Waals surface area contributed by atoms with E-state index in [2.05, 4.69) is 10.6 Å². The third-order valence-electron chi connectivity index (χ3n) is 4.52. The van der Waals surface area contributed by atoms with Crippen molar-refractivity contribution in [1.82, 2.24) is 10.6 Å². The van der Waals surface area contributed by atoms with Gasteiger partial charge in [-0.15, -0.1) is 0 Å². The molecule has 0 aliphatic carbocycles. The second kappa shape index (κ2) is 7.65. The van der Waals surface area contributed by atoms with E-state index in [1.807, 2.05) is 30.3 Å². The van der Waals surface area contributed by atoms with Crippen LogP contribution in [0.15, 0.2) is 30.3 Å². The van der Waals surface area contributed by atoms with Gasteiger partial charge in [0.25, 0.3) is 5.91 Å². The average molecular weight is 379 g/mol. The van der Waals surface area contributed by atoms with Crippen LogP contribution in [0.25, 0.3) is 0 Å². The lowest BCUT2D eigenvalue weighted by molar-refractivity contribution is 0.0960. The van der Waals surface area contributed by atoms with E-state index in [-0.39, 0.29) is 11.9 Å². The number of amides is 1. The maximum Gasteiger partial charge on any atom is 0.254 e. The summed E-state index contributed by atoms with van der Waals surface area (Å²) >= 11 is 12.1. The first-order valence-corrected chi connectivity index (χ1v) is 8.89. The van der Waals surface area contributed by atoms with Crippen molar-refractivity contribution in [3.63, 3.8) is 0 Å². The Balaban J connectivity index is 1.97. The van der Waals surface area contributed by atoms with Gasteiger partial charge in [0.05, 0.1) is 22.7 Å². The first kappa shape index (κ1) is 18.1. The summed E-state index contributed by atoms with van der Waals surface area (Å²) in [7, 11) is 3.20. The third kappa shape index (κ3) is 3.76. The lowest BCUT2D eigenvalue weighted by Gasteiger charge is -2.28. The molecule has 0 radical (unpaired) electrons. The van der Waals surface area contributed by atoms with Crippen LogP contribution in [0.2, 0.25) is 10.0 Å². The van der Waals surface area contributed by atoms with Crippen LogP contribution in [0, 0.1) is 0 Å². The van der Waals surface area contributed by atoms with E-state index in [4.69, 9.17) is 27.9 Å². The summed E-state index contributed by atoms with van der Waals surface area (Å²) in [5.74, 6) is 0.451. The molecule has 1 aliphatic rings. The maximum atomic E-state index is 12.2. The summed E-state index contributed by atoms with van der Waals surface area (Å²) in [5.41, 5.74) is 3.97. The number of ether oxygens (including phenoxy) is 1. The molecule has 0 saturated heterocycles. The van der Waals surface area contributed by atoms with Gasteiger partial charge in [0, 0.05) is 13.1 Å². The quantitative estimate of drug-likeness (QED) is 0.850. The van der Waals surface area contributed by atoms with Gasteiger partial charge in [0.15, 0.2) is 0 Å². The molecule has 0 saturated carbocycles. The molecule has 6 heteroatoms. The lowest BCUT2D eigenvalue weighted by Crippen LogP contribution is -2.32. The fourth-order valence-electron chi connectivity index (χ4n) is 3.24. The van der Waals surface area contributed by atoms with Crippen LogP contribution in [0.3, 0.4) is 0 Å². The average Bonchev–Trinajstić information content (AvgIpc) is 2.63. The van der Waals surface area contributed by atoms with Gasteiger partial charge in [-0.3, -0.25) is 4.79 Å². The van der Waals surface area contributed by atoms with Gasteiger partial charge < -0.3 is 15.4 Å². The van der Waals surface area contributed by atoms with Crippen molar-refractivity contribution in [1.29, 1.82) is 0 Å². The molecule has 1 amide bonds. The Morgan fingerprint density at radius 1 is 1.28 bits per heavy atom. The van der Waals surface area contributed by atoms with E-state index in [1.54, 1.807) is 14.2 Å². The molecule has 25 heavy (non-hydrogen) atoms. The standard InChI is InChI=1S/C19H20Cl2N2O2/c1-22-19(24)14-10-13-12(9-18(14)25-2)5-6-23-17(13)8-11-3-4-15(20)16(21)7-11/h3-4,7,9-10,17,23H,5-6,8H2,1-2H3,(H,22,24). The largest absolute Gasteiger partial charge is 0.496 e. The van der Waals surface area contributed by atoms with Crippen molar-refractivity contribution in [2.75, 3.05) is 20.7 Å². The van der Waals surface area contributed by atoms with Crippen LogP contribution >= 0.6 is 23.2 Å². The molecule has 3 rings (SSSR count). The summed E-state index contributed by atoms with van der Waals surface area (Å²) in [6.45, 7) is 0.876. The molecule has 1 aliphatic heterocycles. The second-order valence-electron chi connectivity index (χ2n) is 6.04. The van der Waals surface area contributed by atoms with Crippen molar-refractivity contribution in [2.45, 2.75) is 18.9 Å². The first-order chi connectivity index (χ1) is 12.0. The minimum atomic E-state index is -0.154. The molecule has 1 heterocycles. The van der Waals surface area contributed by atoms with Crippen molar-refractivity contribution < 1.29 is 9.53 Å². The molecule has 0 bridgehead atoms. The first-order valence-electron chi connectivity index (χ1n) is 8.13. The fourth-order valence-corrected chi connectivity index (χ4v) is 3.56. The van der Waals surface area contributed by atoms with Gasteiger partial charge in [-0.2, -0.15) is 0 Å². The number of rotatable bonds is 4. The zero-order valence-electron chi connectivity index (χ0n) is 14.2. The highest BCUT2D eigenvalue weighted by Crippen LogP contribution is 2.33. The molecule has 4 nitrogen and oxygen atoms in total. The number of benzene rings is 2. The number of nitrogens with one attached hydrogen (secondary N) is 2. The number of carbonyl (C=O) groups is 1. The van der Waals surface area contributed by atoms with Crippen LogP contribution in [0.5, 0.6) is 5.75 Å².